The predicted octanol–water partition coefficient (Wildman–Crippen LogP) is 2.89. The summed E-state index contributed by atoms with van der Waals surface area (Å²) < 4.78 is 0. The molecule has 160 valence electrons. The largest absolute Gasteiger partial charge is 0.396 e. The highest BCUT2D eigenvalue weighted by molar-refractivity contribution is 6.45. The van der Waals surface area contributed by atoms with Gasteiger partial charge in [0.1, 0.15) is 5.70 Å². The molecule has 8 nitrogen and oxygen atoms in total. The summed E-state index contributed by atoms with van der Waals surface area (Å²) in [6.07, 6.45) is 1.66. The summed E-state index contributed by atoms with van der Waals surface area (Å²) in [6, 6.07) is 12.8. The highest BCUT2D eigenvalue weighted by Gasteiger charge is 2.43. The molecule has 1 atom stereocenters. The zero-order valence-corrected chi connectivity index (χ0v) is 17.2. The Morgan fingerprint density at radius 2 is 1.74 bits per heavy atom. The van der Waals surface area contributed by atoms with Gasteiger partial charge in [-0.15, -0.1) is 0 Å². The number of carbonyl (C=O) groups is 2. The van der Waals surface area contributed by atoms with E-state index in [2.05, 4.69) is 0 Å². The van der Waals surface area contributed by atoms with Crippen LogP contribution in [0.15, 0.2) is 54.2 Å². The van der Waals surface area contributed by atoms with Crippen LogP contribution in [-0.2, 0) is 9.59 Å². The quantitative estimate of drug-likeness (QED) is 0.452. The Balaban J connectivity index is 1.80. The number of aryl methyl sites for hydroxylation is 1. The van der Waals surface area contributed by atoms with Gasteiger partial charge in [-0.25, -0.2) is 4.90 Å². The van der Waals surface area contributed by atoms with Gasteiger partial charge < -0.3 is 10.0 Å². The molecular weight excluding hydrogens is 398 g/mol. The van der Waals surface area contributed by atoms with Crippen molar-refractivity contribution >= 4 is 28.8 Å². The number of nitro benzene ring substituents is 1. The molecule has 0 saturated carbocycles. The molecule has 8 heteroatoms. The van der Waals surface area contributed by atoms with Crippen LogP contribution in [0.4, 0.5) is 11.4 Å². The fraction of sp³-hybridized carbons (Fsp3) is 0.304. The number of benzene rings is 2. The summed E-state index contributed by atoms with van der Waals surface area (Å²) in [7, 11) is 0. The minimum atomic E-state index is -0.504. The molecule has 2 aliphatic rings. The summed E-state index contributed by atoms with van der Waals surface area (Å²) in [5, 5.41) is 20.6. The van der Waals surface area contributed by atoms with Crippen molar-refractivity contribution in [1.82, 2.24) is 4.90 Å². The number of nitro groups is 1. The third-order valence-corrected chi connectivity index (χ3v) is 5.81. The molecule has 0 aliphatic carbocycles. The lowest BCUT2D eigenvalue weighted by Crippen LogP contribution is -2.40. The predicted molar refractivity (Wildman–Crippen MR) is 115 cm³/mol. The van der Waals surface area contributed by atoms with Crippen molar-refractivity contribution in [3.8, 4) is 0 Å². The highest BCUT2D eigenvalue weighted by atomic mass is 16.6. The van der Waals surface area contributed by atoms with Gasteiger partial charge in [-0.1, -0.05) is 17.7 Å². The summed E-state index contributed by atoms with van der Waals surface area (Å²) in [5.74, 6) is -0.847. The van der Waals surface area contributed by atoms with E-state index in [-0.39, 0.29) is 29.5 Å². The molecule has 0 radical (unpaired) electrons. The number of hydrogen-bond donors (Lipinski definition) is 1. The Morgan fingerprint density at radius 1 is 1.06 bits per heavy atom. The van der Waals surface area contributed by atoms with Gasteiger partial charge in [0.15, 0.2) is 0 Å². The van der Waals surface area contributed by atoms with Crippen molar-refractivity contribution in [3.63, 3.8) is 0 Å². The Hall–Kier alpha value is -3.52. The molecule has 2 amide bonds. The fourth-order valence-corrected chi connectivity index (χ4v) is 4.17. The molecule has 2 aromatic rings. The van der Waals surface area contributed by atoms with Crippen molar-refractivity contribution in [3.05, 3.63) is 75.5 Å². The van der Waals surface area contributed by atoms with E-state index in [9.17, 15) is 24.8 Å². The van der Waals surface area contributed by atoms with Gasteiger partial charge in [0.25, 0.3) is 17.5 Å². The number of rotatable bonds is 5. The first kappa shape index (κ1) is 20.7. The molecule has 1 saturated heterocycles. The third-order valence-electron chi connectivity index (χ3n) is 5.81. The first-order chi connectivity index (χ1) is 14.9. The van der Waals surface area contributed by atoms with Crippen LogP contribution < -0.4 is 4.90 Å². The van der Waals surface area contributed by atoms with Crippen molar-refractivity contribution in [2.24, 2.45) is 5.92 Å². The van der Waals surface area contributed by atoms with Gasteiger partial charge >= 0.3 is 0 Å². The number of nitrogens with zero attached hydrogens (tertiary/aromatic N) is 3. The van der Waals surface area contributed by atoms with Crippen LogP contribution in [0.5, 0.6) is 0 Å². The van der Waals surface area contributed by atoms with Gasteiger partial charge in [-0.05, 0) is 55.5 Å². The smallest absolute Gasteiger partial charge is 0.282 e. The Bertz CT molecular complexity index is 1060. The average molecular weight is 421 g/mol. The summed E-state index contributed by atoms with van der Waals surface area (Å²) in [5.41, 5.74) is 2.38. The van der Waals surface area contributed by atoms with Gasteiger partial charge in [-0.3, -0.25) is 19.7 Å². The van der Waals surface area contributed by atoms with Gasteiger partial charge in [0.2, 0.25) is 0 Å². The topological polar surface area (TPSA) is 104 Å². The van der Waals surface area contributed by atoms with Crippen LogP contribution in [0.3, 0.4) is 0 Å². The van der Waals surface area contributed by atoms with Crippen molar-refractivity contribution in [2.75, 3.05) is 24.6 Å². The maximum atomic E-state index is 13.5. The van der Waals surface area contributed by atoms with E-state index in [0.29, 0.717) is 24.3 Å². The minimum Gasteiger partial charge on any atom is -0.396 e. The van der Waals surface area contributed by atoms with E-state index in [1.54, 1.807) is 12.1 Å². The number of non-ortho nitro benzene ring substituents is 1. The number of carbonyl (C=O) groups excluding carboxylic acids is 2. The molecule has 1 unspecified atom stereocenters. The fourth-order valence-electron chi connectivity index (χ4n) is 4.17. The summed E-state index contributed by atoms with van der Waals surface area (Å²) in [4.78, 5) is 40.5. The molecule has 0 aromatic heterocycles. The van der Waals surface area contributed by atoms with Crippen LogP contribution in [0.1, 0.15) is 24.0 Å². The maximum absolute atomic E-state index is 13.5. The SMILES string of the molecule is Cc1ccc(N2C(=O)C(c3ccc([N+](=O)[O-])cc3)=C(N3CCCC(CO)C3)C2=O)cc1. The first-order valence-electron chi connectivity index (χ1n) is 10.2. The van der Waals surface area contributed by atoms with E-state index in [0.717, 1.165) is 23.3 Å². The molecular formula is C23H23N3O5. The van der Waals surface area contributed by atoms with Gasteiger partial charge in [-0.2, -0.15) is 0 Å². The molecule has 0 bridgehead atoms. The Labute approximate surface area is 179 Å². The second kappa shape index (κ2) is 8.31. The Morgan fingerprint density at radius 3 is 2.35 bits per heavy atom. The van der Waals surface area contributed by atoms with E-state index in [1.165, 1.54) is 24.3 Å². The molecule has 4 rings (SSSR count). The summed E-state index contributed by atoms with van der Waals surface area (Å²) in [6.45, 7) is 3.01. The third kappa shape index (κ3) is 3.82. The molecule has 2 aliphatic heterocycles. The number of likely N-dealkylation sites (tertiary alicyclic amines) is 1. The van der Waals surface area contributed by atoms with Crippen LogP contribution in [-0.4, -0.2) is 46.4 Å². The number of amides is 2. The minimum absolute atomic E-state index is 0.0143. The first-order valence-corrected chi connectivity index (χ1v) is 10.2. The highest BCUT2D eigenvalue weighted by Crippen LogP contribution is 2.37. The lowest BCUT2D eigenvalue weighted by molar-refractivity contribution is -0.384. The number of anilines is 1. The summed E-state index contributed by atoms with van der Waals surface area (Å²) >= 11 is 0. The number of aliphatic hydroxyl groups is 1. The zero-order valence-electron chi connectivity index (χ0n) is 17.2. The maximum Gasteiger partial charge on any atom is 0.282 e. The van der Waals surface area contributed by atoms with E-state index in [1.807, 2.05) is 24.0 Å². The van der Waals surface area contributed by atoms with Crippen LogP contribution in [0, 0.1) is 23.0 Å². The van der Waals surface area contributed by atoms with Crippen molar-refractivity contribution in [1.29, 1.82) is 0 Å². The molecule has 0 spiro atoms. The molecule has 2 heterocycles. The molecule has 31 heavy (non-hydrogen) atoms. The van der Waals surface area contributed by atoms with E-state index >= 15 is 0 Å². The van der Waals surface area contributed by atoms with Crippen molar-refractivity contribution < 1.29 is 19.6 Å². The van der Waals surface area contributed by atoms with E-state index in [4.69, 9.17) is 0 Å². The monoisotopic (exact) mass is 421 g/mol. The van der Waals surface area contributed by atoms with Crippen LogP contribution in [0.25, 0.3) is 5.57 Å². The lowest BCUT2D eigenvalue weighted by atomic mass is 9.97. The van der Waals surface area contributed by atoms with Crippen LogP contribution >= 0.6 is 0 Å². The number of piperidine rings is 1. The van der Waals surface area contributed by atoms with Gasteiger partial charge in [0.05, 0.1) is 16.2 Å². The average Bonchev–Trinajstić information content (AvgIpc) is 3.04. The lowest BCUT2D eigenvalue weighted by Gasteiger charge is -2.34. The van der Waals surface area contributed by atoms with E-state index < -0.39 is 16.7 Å². The second-order valence-corrected chi connectivity index (χ2v) is 7.95. The molecule has 1 fully saturated rings. The number of imide groups is 1. The van der Waals surface area contributed by atoms with Crippen molar-refractivity contribution in [2.45, 2.75) is 19.8 Å². The normalized spacial score (nSPS) is 19.4. The second-order valence-electron chi connectivity index (χ2n) is 7.95. The number of hydrogen-bond acceptors (Lipinski definition) is 6. The zero-order chi connectivity index (χ0) is 22.1. The standard InChI is InChI=1S/C23H23N3O5/c1-15-4-8-18(9-5-15)25-22(28)20(17-6-10-19(11-7-17)26(30)31)21(23(25)29)24-12-2-3-16(13-24)14-27/h4-11,16,27H,2-3,12-14H2,1H3. The molecule has 2 aromatic carbocycles. The van der Waals surface area contributed by atoms with Crippen LogP contribution in [0.2, 0.25) is 0 Å². The number of aliphatic hydroxyl groups excluding tert-OH is 1. The molecule has 1 N–H and O–H groups in total. The Kier molecular flexibility index (Phi) is 5.56. The van der Waals surface area contributed by atoms with Gasteiger partial charge in [0, 0.05) is 31.8 Å².